The van der Waals surface area contributed by atoms with Crippen LogP contribution in [0.5, 0.6) is 0 Å². The second-order valence-corrected chi connectivity index (χ2v) is 5.31. The van der Waals surface area contributed by atoms with E-state index < -0.39 is 0 Å². The highest BCUT2D eigenvalue weighted by atomic mass is 35.5. The molecule has 1 amide bonds. The Morgan fingerprint density at radius 3 is 2.83 bits per heavy atom. The third-order valence-corrected chi connectivity index (χ3v) is 3.59. The summed E-state index contributed by atoms with van der Waals surface area (Å²) in [4.78, 5) is 15.3. The Bertz CT molecular complexity index is 609. The zero-order valence-corrected chi connectivity index (χ0v) is 11.5. The fourth-order valence-electron chi connectivity index (χ4n) is 1.53. The molecule has 1 aromatic heterocycles. The van der Waals surface area contributed by atoms with Crippen molar-refractivity contribution in [2.45, 2.75) is 13.8 Å². The van der Waals surface area contributed by atoms with E-state index in [1.165, 1.54) is 18.3 Å². The van der Waals surface area contributed by atoms with E-state index in [2.05, 4.69) is 10.3 Å². The minimum absolute atomic E-state index is 0.164. The number of nitrogen functional groups attached to an aromatic ring is 1. The van der Waals surface area contributed by atoms with Gasteiger partial charge in [0.2, 0.25) is 5.91 Å². The highest BCUT2D eigenvalue weighted by Gasteiger charge is 2.12. The second kappa shape index (κ2) is 4.96. The van der Waals surface area contributed by atoms with Gasteiger partial charge < -0.3 is 11.1 Å². The van der Waals surface area contributed by atoms with Crippen molar-refractivity contribution >= 4 is 39.0 Å². The molecule has 0 radical (unpaired) electrons. The van der Waals surface area contributed by atoms with Crippen LogP contribution >= 0.6 is 22.9 Å². The molecule has 4 nitrogen and oxygen atoms in total. The van der Waals surface area contributed by atoms with E-state index in [-0.39, 0.29) is 5.91 Å². The van der Waals surface area contributed by atoms with E-state index in [0.29, 0.717) is 20.8 Å². The number of amides is 1. The fourth-order valence-corrected chi connectivity index (χ4v) is 2.45. The quantitative estimate of drug-likeness (QED) is 0.887. The molecule has 0 spiro atoms. The summed E-state index contributed by atoms with van der Waals surface area (Å²) in [5.74, 6) is -0.164. The second-order valence-electron chi connectivity index (χ2n) is 3.88. The molecule has 94 valence electrons. The zero-order chi connectivity index (χ0) is 13.3. The molecule has 1 heterocycles. The Kier molecular flexibility index (Phi) is 3.54. The van der Waals surface area contributed by atoms with Crippen molar-refractivity contribution in [1.29, 1.82) is 0 Å². The summed E-state index contributed by atoms with van der Waals surface area (Å²) in [6, 6.07) is 5.59. The molecule has 0 saturated carbocycles. The van der Waals surface area contributed by atoms with Crippen molar-refractivity contribution in [3.63, 3.8) is 0 Å². The number of halogens is 1. The summed E-state index contributed by atoms with van der Waals surface area (Å²) in [7, 11) is 0. The van der Waals surface area contributed by atoms with Gasteiger partial charge in [-0.1, -0.05) is 29.0 Å². The van der Waals surface area contributed by atoms with Gasteiger partial charge in [-0.3, -0.25) is 4.79 Å². The van der Waals surface area contributed by atoms with Crippen molar-refractivity contribution < 1.29 is 4.79 Å². The Morgan fingerprint density at radius 1 is 1.50 bits per heavy atom. The number of benzene rings is 1. The van der Waals surface area contributed by atoms with E-state index in [9.17, 15) is 4.79 Å². The number of hydrogen-bond donors (Lipinski definition) is 2. The zero-order valence-electron chi connectivity index (χ0n) is 9.95. The van der Waals surface area contributed by atoms with Gasteiger partial charge in [0, 0.05) is 17.5 Å². The van der Waals surface area contributed by atoms with Crippen LogP contribution in [0, 0.1) is 6.92 Å². The number of nitrogens with one attached hydrogen (secondary N) is 1. The number of hydrogen-bond acceptors (Lipinski definition) is 4. The van der Waals surface area contributed by atoms with E-state index in [1.54, 1.807) is 0 Å². The van der Waals surface area contributed by atoms with Crippen molar-refractivity contribution in [2.24, 2.45) is 0 Å². The van der Waals surface area contributed by atoms with Crippen molar-refractivity contribution in [3.05, 3.63) is 28.8 Å². The van der Waals surface area contributed by atoms with Crippen LogP contribution in [-0.4, -0.2) is 10.9 Å². The number of carbonyl (C=O) groups is 1. The molecule has 0 atom stereocenters. The Morgan fingerprint density at radius 2 is 2.22 bits per heavy atom. The van der Waals surface area contributed by atoms with Gasteiger partial charge in [0.15, 0.2) is 5.13 Å². The summed E-state index contributed by atoms with van der Waals surface area (Å²) in [5.41, 5.74) is 8.43. The lowest BCUT2D eigenvalue weighted by Gasteiger charge is -2.02. The van der Waals surface area contributed by atoms with E-state index in [1.807, 2.05) is 25.1 Å². The predicted octanol–water partition coefficient (Wildman–Crippen LogP) is 3.31. The number of aromatic nitrogens is 1. The lowest BCUT2D eigenvalue weighted by molar-refractivity contribution is -0.114. The largest absolute Gasteiger partial charge is 0.389 e. The summed E-state index contributed by atoms with van der Waals surface area (Å²) >= 11 is 7.23. The lowest BCUT2D eigenvalue weighted by atomic mass is 10.1. The molecule has 0 aliphatic carbocycles. The topological polar surface area (TPSA) is 68.0 Å². The molecular weight excluding hydrogens is 270 g/mol. The highest BCUT2D eigenvalue weighted by molar-refractivity contribution is 7.20. The molecule has 2 rings (SSSR count). The number of anilines is 2. The van der Waals surface area contributed by atoms with Crippen LogP contribution in [0.1, 0.15) is 12.5 Å². The first kappa shape index (κ1) is 12.9. The van der Waals surface area contributed by atoms with Crippen LogP contribution in [0.25, 0.3) is 11.3 Å². The maximum atomic E-state index is 11.0. The molecule has 0 fully saturated rings. The van der Waals surface area contributed by atoms with Gasteiger partial charge in [0.25, 0.3) is 0 Å². The van der Waals surface area contributed by atoms with Gasteiger partial charge in [0.1, 0.15) is 10.7 Å². The minimum atomic E-state index is -0.164. The lowest BCUT2D eigenvalue weighted by Crippen LogP contribution is -2.04. The Labute approximate surface area is 114 Å². The highest BCUT2D eigenvalue weighted by Crippen LogP contribution is 2.34. The van der Waals surface area contributed by atoms with E-state index in [4.69, 9.17) is 17.3 Å². The maximum absolute atomic E-state index is 11.0. The summed E-state index contributed by atoms with van der Waals surface area (Å²) in [6.45, 7) is 3.35. The van der Waals surface area contributed by atoms with Crippen molar-refractivity contribution in [2.75, 3.05) is 11.1 Å². The van der Waals surface area contributed by atoms with E-state index >= 15 is 0 Å². The van der Waals surface area contributed by atoms with Crippen LogP contribution in [0.3, 0.4) is 0 Å². The number of nitrogens with two attached hydrogens (primary N) is 1. The molecule has 0 aliphatic heterocycles. The van der Waals surface area contributed by atoms with Crippen LogP contribution in [0.15, 0.2) is 18.2 Å². The molecule has 3 N–H and O–H groups in total. The van der Waals surface area contributed by atoms with Gasteiger partial charge in [-0.15, -0.1) is 0 Å². The van der Waals surface area contributed by atoms with Crippen molar-refractivity contribution in [3.8, 4) is 11.3 Å². The number of rotatable bonds is 2. The first-order chi connectivity index (χ1) is 8.47. The first-order valence-corrected chi connectivity index (χ1v) is 6.47. The van der Waals surface area contributed by atoms with Gasteiger partial charge >= 0.3 is 0 Å². The van der Waals surface area contributed by atoms with Gasteiger partial charge in [-0.2, -0.15) is 0 Å². The van der Waals surface area contributed by atoms with Gasteiger partial charge in [-0.05, 0) is 24.6 Å². The predicted molar refractivity (Wildman–Crippen MR) is 76.0 cm³/mol. The molecule has 18 heavy (non-hydrogen) atoms. The molecule has 6 heteroatoms. The van der Waals surface area contributed by atoms with Crippen molar-refractivity contribution in [1.82, 2.24) is 4.98 Å². The average molecular weight is 282 g/mol. The molecule has 0 unspecified atom stereocenters. The molecule has 0 saturated heterocycles. The summed E-state index contributed by atoms with van der Waals surface area (Å²) in [6.07, 6.45) is 0. The summed E-state index contributed by atoms with van der Waals surface area (Å²) in [5, 5.41) is 4.40. The van der Waals surface area contributed by atoms with Crippen LogP contribution in [0.2, 0.25) is 5.02 Å². The number of carbonyl (C=O) groups excluding carboxylic acids is 1. The molecule has 0 bridgehead atoms. The SMILES string of the molecule is CC(=O)Nc1nc(-c2ccc(Cl)c(C)c2)c(N)s1. The molecule has 1 aromatic carbocycles. The van der Waals surface area contributed by atoms with Gasteiger partial charge in [0.05, 0.1) is 0 Å². The molecule has 0 aliphatic rings. The standard InChI is InChI=1S/C12H12ClN3OS/c1-6-5-8(3-4-9(6)13)10-11(14)18-12(16-10)15-7(2)17/h3-5H,14H2,1-2H3,(H,15,16,17). The number of nitrogens with zero attached hydrogens (tertiary/aromatic N) is 1. The molecular formula is C12H12ClN3OS. The Balaban J connectivity index is 2.41. The minimum Gasteiger partial charge on any atom is -0.389 e. The smallest absolute Gasteiger partial charge is 0.223 e. The van der Waals surface area contributed by atoms with Crippen LogP contribution in [0.4, 0.5) is 10.1 Å². The molecule has 2 aromatic rings. The normalized spacial score (nSPS) is 10.4. The number of thiazole rings is 1. The van der Waals surface area contributed by atoms with Crippen LogP contribution in [-0.2, 0) is 4.79 Å². The Hall–Kier alpha value is -1.59. The third-order valence-electron chi connectivity index (χ3n) is 2.37. The maximum Gasteiger partial charge on any atom is 0.223 e. The average Bonchev–Trinajstić information content (AvgIpc) is 2.62. The number of aryl methyl sites for hydroxylation is 1. The van der Waals surface area contributed by atoms with Gasteiger partial charge in [-0.25, -0.2) is 4.98 Å². The van der Waals surface area contributed by atoms with E-state index in [0.717, 1.165) is 11.1 Å². The fraction of sp³-hybridized carbons (Fsp3) is 0.167. The monoisotopic (exact) mass is 281 g/mol. The first-order valence-electron chi connectivity index (χ1n) is 5.28. The third kappa shape index (κ3) is 2.63. The van der Waals surface area contributed by atoms with Crippen LogP contribution < -0.4 is 11.1 Å². The summed E-state index contributed by atoms with van der Waals surface area (Å²) < 4.78 is 0.